The molecule has 14 heavy (non-hydrogen) atoms. The largest absolute Gasteiger partial charge is 0.397 e. The van der Waals surface area contributed by atoms with E-state index in [1.54, 1.807) is 19.1 Å². The van der Waals surface area contributed by atoms with Gasteiger partial charge in [-0.3, -0.25) is 4.55 Å². The topological polar surface area (TPSA) is 63.6 Å². The molecule has 0 aromatic rings. The van der Waals surface area contributed by atoms with Gasteiger partial charge in [0.05, 0.1) is 6.10 Å². The number of hydrogen-bond donors (Lipinski definition) is 1. The van der Waals surface area contributed by atoms with Crippen LogP contribution in [0.15, 0.2) is 25.3 Å². The molecule has 5 heteroatoms. The van der Waals surface area contributed by atoms with Crippen molar-refractivity contribution >= 4 is 10.4 Å². The Labute approximate surface area is 85.2 Å². The van der Waals surface area contributed by atoms with Crippen molar-refractivity contribution in [3.63, 3.8) is 0 Å². The summed E-state index contributed by atoms with van der Waals surface area (Å²) in [5.41, 5.74) is 0. The van der Waals surface area contributed by atoms with Gasteiger partial charge in [0.25, 0.3) is 0 Å². The van der Waals surface area contributed by atoms with E-state index in [2.05, 4.69) is 17.3 Å². The van der Waals surface area contributed by atoms with Gasteiger partial charge in [-0.25, -0.2) is 4.18 Å². The number of rotatable bonds is 7. The quantitative estimate of drug-likeness (QED) is 0.526. The van der Waals surface area contributed by atoms with Crippen molar-refractivity contribution in [1.29, 1.82) is 0 Å². The molecule has 0 saturated heterocycles. The van der Waals surface area contributed by atoms with Crippen LogP contribution in [0.3, 0.4) is 0 Å². The molecule has 0 heterocycles. The Morgan fingerprint density at radius 2 is 1.79 bits per heavy atom. The fraction of sp³-hybridized carbons (Fsp3) is 0.556. The van der Waals surface area contributed by atoms with E-state index in [0.717, 1.165) is 0 Å². The Morgan fingerprint density at radius 1 is 1.36 bits per heavy atom. The third-order valence-corrected chi connectivity index (χ3v) is 2.42. The minimum atomic E-state index is -4.37. The van der Waals surface area contributed by atoms with Crippen LogP contribution in [0.5, 0.6) is 0 Å². The molecule has 0 spiro atoms. The Bertz CT molecular complexity index is 271. The highest BCUT2D eigenvalue weighted by Gasteiger charge is 2.20. The molecule has 82 valence electrons. The van der Waals surface area contributed by atoms with Crippen LogP contribution < -0.4 is 0 Å². The van der Waals surface area contributed by atoms with Crippen LogP contribution in [-0.2, 0) is 14.6 Å². The lowest BCUT2D eigenvalue weighted by atomic mass is 9.96. The molecule has 0 aliphatic rings. The second-order valence-electron chi connectivity index (χ2n) is 3.04. The first kappa shape index (κ1) is 13.4. The van der Waals surface area contributed by atoms with Crippen molar-refractivity contribution in [2.75, 3.05) is 0 Å². The predicted molar refractivity (Wildman–Crippen MR) is 55.2 cm³/mol. The van der Waals surface area contributed by atoms with Crippen molar-refractivity contribution in [3.8, 4) is 0 Å². The Kier molecular flexibility index (Phi) is 5.68. The molecule has 0 bridgehead atoms. The molecular weight excluding hydrogens is 204 g/mol. The molecule has 0 radical (unpaired) electrons. The molecule has 4 nitrogen and oxygen atoms in total. The summed E-state index contributed by atoms with van der Waals surface area (Å²) in [7, 11) is -4.37. The second kappa shape index (κ2) is 5.95. The Balaban J connectivity index is 4.34. The van der Waals surface area contributed by atoms with E-state index < -0.39 is 16.5 Å². The third-order valence-electron chi connectivity index (χ3n) is 1.88. The van der Waals surface area contributed by atoms with E-state index in [0.29, 0.717) is 12.8 Å². The van der Waals surface area contributed by atoms with Crippen molar-refractivity contribution in [2.45, 2.75) is 25.9 Å². The van der Waals surface area contributed by atoms with Crippen LogP contribution in [-0.4, -0.2) is 19.1 Å². The highest BCUT2D eigenvalue weighted by atomic mass is 32.3. The summed E-state index contributed by atoms with van der Waals surface area (Å²) in [5, 5.41) is 0. The van der Waals surface area contributed by atoms with Gasteiger partial charge < -0.3 is 0 Å². The van der Waals surface area contributed by atoms with E-state index >= 15 is 0 Å². The van der Waals surface area contributed by atoms with Gasteiger partial charge in [0.1, 0.15) is 0 Å². The zero-order valence-electron chi connectivity index (χ0n) is 8.22. The number of hydrogen-bond acceptors (Lipinski definition) is 3. The van der Waals surface area contributed by atoms with Gasteiger partial charge in [0.15, 0.2) is 0 Å². The predicted octanol–water partition coefficient (Wildman–Crippen LogP) is 1.96. The molecule has 0 saturated carbocycles. The van der Waals surface area contributed by atoms with Crippen LogP contribution in [0, 0.1) is 5.92 Å². The van der Waals surface area contributed by atoms with Crippen molar-refractivity contribution in [1.82, 2.24) is 0 Å². The van der Waals surface area contributed by atoms with Crippen LogP contribution in [0.25, 0.3) is 0 Å². The highest BCUT2D eigenvalue weighted by molar-refractivity contribution is 7.80. The lowest BCUT2D eigenvalue weighted by Gasteiger charge is -2.19. The van der Waals surface area contributed by atoms with Crippen LogP contribution >= 0.6 is 0 Å². The normalized spacial score (nSPS) is 13.9. The summed E-state index contributed by atoms with van der Waals surface area (Å²) in [6.45, 7) is 8.71. The lowest BCUT2D eigenvalue weighted by Crippen LogP contribution is -2.23. The minimum Gasteiger partial charge on any atom is -0.264 e. The Morgan fingerprint density at radius 3 is 2.07 bits per heavy atom. The molecule has 1 unspecified atom stereocenters. The molecule has 0 rings (SSSR count). The average Bonchev–Trinajstić information content (AvgIpc) is 2.01. The van der Waals surface area contributed by atoms with Crippen LogP contribution in [0.1, 0.15) is 19.8 Å². The lowest BCUT2D eigenvalue weighted by molar-refractivity contribution is 0.140. The minimum absolute atomic E-state index is 0.0353. The van der Waals surface area contributed by atoms with E-state index in [9.17, 15) is 8.42 Å². The summed E-state index contributed by atoms with van der Waals surface area (Å²) < 4.78 is 33.8. The monoisotopic (exact) mass is 220 g/mol. The van der Waals surface area contributed by atoms with Crippen LogP contribution in [0.2, 0.25) is 0 Å². The molecule has 0 amide bonds. The van der Waals surface area contributed by atoms with Crippen LogP contribution in [0.4, 0.5) is 0 Å². The molecule has 1 N–H and O–H groups in total. The molecular formula is C9H16O4S. The fourth-order valence-electron chi connectivity index (χ4n) is 1.18. The molecule has 0 aromatic carbocycles. The summed E-state index contributed by atoms with van der Waals surface area (Å²) in [6.07, 6.45) is 4.00. The van der Waals surface area contributed by atoms with Gasteiger partial charge in [-0.1, -0.05) is 12.2 Å². The van der Waals surface area contributed by atoms with E-state index in [4.69, 9.17) is 4.55 Å². The maximum absolute atomic E-state index is 10.4. The average molecular weight is 220 g/mol. The van der Waals surface area contributed by atoms with Gasteiger partial charge in [0.2, 0.25) is 0 Å². The maximum Gasteiger partial charge on any atom is 0.397 e. The zero-order valence-corrected chi connectivity index (χ0v) is 9.03. The third kappa shape index (κ3) is 5.90. The zero-order chi connectivity index (χ0) is 11.2. The van der Waals surface area contributed by atoms with Gasteiger partial charge in [0, 0.05) is 0 Å². The van der Waals surface area contributed by atoms with Crippen molar-refractivity contribution in [3.05, 3.63) is 25.3 Å². The van der Waals surface area contributed by atoms with Gasteiger partial charge in [-0.15, -0.1) is 13.2 Å². The molecule has 0 fully saturated rings. The maximum atomic E-state index is 10.4. The second-order valence-corrected chi connectivity index (χ2v) is 4.09. The molecule has 1 atom stereocenters. The molecule has 0 aliphatic heterocycles. The first-order valence-electron chi connectivity index (χ1n) is 4.28. The smallest absolute Gasteiger partial charge is 0.264 e. The standard InChI is InChI=1S/C9H16O4S/c1-4-6-9(7-5-2)8(3)13-14(10,11)12/h4-5,8-9H,1-2,6-7H2,3H3,(H,10,11,12). The first-order valence-corrected chi connectivity index (χ1v) is 5.64. The van der Waals surface area contributed by atoms with E-state index in [-0.39, 0.29) is 5.92 Å². The SMILES string of the molecule is C=CCC(CC=C)C(C)OS(=O)(=O)O. The molecule has 0 aliphatic carbocycles. The number of allylic oxidation sites excluding steroid dienone is 2. The van der Waals surface area contributed by atoms with E-state index in [1.165, 1.54) is 0 Å². The molecule has 0 aromatic heterocycles. The highest BCUT2D eigenvalue weighted by Crippen LogP contribution is 2.18. The van der Waals surface area contributed by atoms with Crippen molar-refractivity contribution in [2.24, 2.45) is 5.92 Å². The summed E-state index contributed by atoms with van der Waals surface area (Å²) >= 11 is 0. The van der Waals surface area contributed by atoms with E-state index in [1.807, 2.05) is 0 Å². The van der Waals surface area contributed by atoms with Gasteiger partial charge in [-0.05, 0) is 25.7 Å². The summed E-state index contributed by atoms with van der Waals surface area (Å²) in [5.74, 6) is -0.0353. The van der Waals surface area contributed by atoms with Gasteiger partial charge >= 0.3 is 10.4 Å². The van der Waals surface area contributed by atoms with Gasteiger partial charge in [-0.2, -0.15) is 8.42 Å². The summed E-state index contributed by atoms with van der Waals surface area (Å²) in [6, 6.07) is 0. The summed E-state index contributed by atoms with van der Waals surface area (Å²) in [4.78, 5) is 0. The fourth-order valence-corrected chi connectivity index (χ4v) is 1.72. The Hall–Kier alpha value is -0.650. The van der Waals surface area contributed by atoms with Crippen molar-refractivity contribution < 1.29 is 17.2 Å². The first-order chi connectivity index (χ1) is 6.40.